The topological polar surface area (TPSA) is 30.2 Å². The van der Waals surface area contributed by atoms with Crippen molar-refractivity contribution in [3.8, 4) is 0 Å². The van der Waals surface area contributed by atoms with Crippen LogP contribution in [0.15, 0.2) is 51.4 Å². The van der Waals surface area contributed by atoms with E-state index in [1.807, 2.05) is 50.2 Å². The van der Waals surface area contributed by atoms with E-state index in [2.05, 4.69) is 15.9 Å². The summed E-state index contributed by atoms with van der Waals surface area (Å²) >= 11 is 3.41. The fourth-order valence-corrected chi connectivity index (χ4v) is 2.53. The van der Waals surface area contributed by atoms with Gasteiger partial charge in [-0.2, -0.15) is 0 Å². The number of hydrogen-bond donors (Lipinski definition) is 0. The van der Waals surface area contributed by atoms with Crippen LogP contribution < -0.4 is 0 Å². The first-order valence-electron chi connectivity index (χ1n) is 6.35. The molecular weight excluding hydrogens is 316 g/mol. The monoisotopic (exact) mass is 328 g/mol. The lowest BCUT2D eigenvalue weighted by atomic mass is 10.0. The summed E-state index contributed by atoms with van der Waals surface area (Å²) in [6.07, 6.45) is 0. The lowest BCUT2D eigenvalue weighted by Gasteiger charge is -2.02. The molecule has 3 aromatic rings. The van der Waals surface area contributed by atoms with Crippen molar-refractivity contribution in [2.45, 2.75) is 13.8 Å². The summed E-state index contributed by atoms with van der Waals surface area (Å²) in [5, 5.41) is 0.923. The Balaban J connectivity index is 2.05. The van der Waals surface area contributed by atoms with Gasteiger partial charge in [-0.25, -0.2) is 0 Å². The van der Waals surface area contributed by atoms with E-state index in [1.165, 1.54) is 5.56 Å². The van der Waals surface area contributed by atoms with Crippen LogP contribution in [0.1, 0.15) is 27.2 Å². The van der Waals surface area contributed by atoms with Crippen LogP contribution in [0.2, 0.25) is 0 Å². The highest BCUT2D eigenvalue weighted by Crippen LogP contribution is 2.25. The Bertz CT molecular complexity index is 815. The number of aryl methyl sites for hydroxylation is 2. The molecule has 3 rings (SSSR count). The molecule has 1 aromatic heterocycles. The van der Waals surface area contributed by atoms with Crippen molar-refractivity contribution in [2.24, 2.45) is 0 Å². The maximum absolute atomic E-state index is 12.5. The molecule has 0 radical (unpaired) electrons. The first-order chi connectivity index (χ1) is 9.54. The number of fused-ring (bicyclic) bond motifs is 1. The molecule has 2 aromatic carbocycles. The smallest absolute Gasteiger partial charge is 0.228 e. The predicted octanol–water partition coefficient (Wildman–Crippen LogP) is 5.04. The fraction of sp³-hybridized carbons (Fsp3) is 0.118. The van der Waals surface area contributed by atoms with Crippen molar-refractivity contribution in [3.63, 3.8) is 0 Å². The van der Waals surface area contributed by atoms with E-state index >= 15 is 0 Å². The second-order valence-electron chi connectivity index (χ2n) is 4.92. The molecule has 0 amide bonds. The molecule has 0 aliphatic carbocycles. The molecule has 0 unspecified atom stereocenters. The van der Waals surface area contributed by atoms with E-state index in [-0.39, 0.29) is 5.78 Å². The van der Waals surface area contributed by atoms with Crippen LogP contribution >= 0.6 is 15.9 Å². The number of rotatable bonds is 2. The van der Waals surface area contributed by atoms with Crippen LogP contribution in [0.5, 0.6) is 0 Å². The third kappa shape index (κ3) is 2.29. The molecule has 1 heterocycles. The minimum Gasteiger partial charge on any atom is -0.453 e. The fourth-order valence-electron chi connectivity index (χ4n) is 2.15. The maximum atomic E-state index is 12.5. The minimum atomic E-state index is -0.0829. The molecule has 0 bridgehead atoms. The Kier molecular flexibility index (Phi) is 3.22. The molecule has 2 nitrogen and oxygen atoms in total. The number of halogens is 1. The predicted molar refractivity (Wildman–Crippen MR) is 83.3 cm³/mol. The lowest BCUT2D eigenvalue weighted by Crippen LogP contribution is -2.00. The molecule has 0 N–H and O–H groups in total. The van der Waals surface area contributed by atoms with Gasteiger partial charge in [-0.1, -0.05) is 28.1 Å². The summed E-state index contributed by atoms with van der Waals surface area (Å²) in [5.41, 5.74) is 3.66. The molecule has 0 saturated heterocycles. The number of ketones is 1. The van der Waals surface area contributed by atoms with Gasteiger partial charge in [0, 0.05) is 15.4 Å². The van der Waals surface area contributed by atoms with E-state index in [1.54, 1.807) is 6.07 Å². The SMILES string of the molecule is Cc1ccc(C(=O)c2cc3cc(Br)ccc3o2)cc1C. The second kappa shape index (κ2) is 4.91. The molecule has 0 saturated carbocycles. The van der Waals surface area contributed by atoms with Gasteiger partial charge in [-0.05, 0) is 55.3 Å². The highest BCUT2D eigenvalue weighted by Gasteiger charge is 2.15. The lowest BCUT2D eigenvalue weighted by molar-refractivity contribution is 0.101. The van der Waals surface area contributed by atoms with Gasteiger partial charge in [0.25, 0.3) is 0 Å². The van der Waals surface area contributed by atoms with Crippen LogP contribution in [0.25, 0.3) is 11.0 Å². The van der Waals surface area contributed by atoms with E-state index in [0.29, 0.717) is 11.3 Å². The van der Waals surface area contributed by atoms with Crippen molar-refractivity contribution in [2.75, 3.05) is 0 Å². The van der Waals surface area contributed by atoms with Gasteiger partial charge >= 0.3 is 0 Å². The average molecular weight is 329 g/mol. The van der Waals surface area contributed by atoms with Crippen molar-refractivity contribution in [1.29, 1.82) is 0 Å². The Morgan fingerprint density at radius 1 is 1.00 bits per heavy atom. The van der Waals surface area contributed by atoms with Gasteiger partial charge in [-0.15, -0.1) is 0 Å². The van der Waals surface area contributed by atoms with Crippen molar-refractivity contribution in [1.82, 2.24) is 0 Å². The Morgan fingerprint density at radius 3 is 2.55 bits per heavy atom. The number of carbonyl (C=O) groups is 1. The highest BCUT2D eigenvalue weighted by atomic mass is 79.9. The second-order valence-corrected chi connectivity index (χ2v) is 5.84. The third-order valence-corrected chi connectivity index (χ3v) is 3.96. The molecule has 20 heavy (non-hydrogen) atoms. The number of benzene rings is 2. The van der Waals surface area contributed by atoms with Crippen molar-refractivity contribution < 1.29 is 9.21 Å². The van der Waals surface area contributed by atoms with Crippen LogP contribution in [0.3, 0.4) is 0 Å². The summed E-state index contributed by atoms with van der Waals surface area (Å²) in [6.45, 7) is 4.03. The van der Waals surface area contributed by atoms with Gasteiger partial charge in [0.05, 0.1) is 0 Å². The summed E-state index contributed by atoms with van der Waals surface area (Å²) < 4.78 is 6.61. The molecule has 0 fully saturated rings. The van der Waals surface area contributed by atoms with E-state index < -0.39 is 0 Å². The largest absolute Gasteiger partial charge is 0.453 e. The zero-order valence-corrected chi connectivity index (χ0v) is 12.8. The molecule has 0 atom stereocenters. The van der Waals surface area contributed by atoms with E-state index in [9.17, 15) is 4.79 Å². The van der Waals surface area contributed by atoms with Gasteiger partial charge < -0.3 is 4.42 Å². The quantitative estimate of drug-likeness (QED) is 0.616. The molecule has 100 valence electrons. The molecule has 0 spiro atoms. The van der Waals surface area contributed by atoms with Gasteiger partial charge in [-0.3, -0.25) is 4.79 Å². The molecule has 3 heteroatoms. The Hall–Kier alpha value is -1.87. The first kappa shape index (κ1) is 13.1. The van der Waals surface area contributed by atoms with Gasteiger partial charge in [0.1, 0.15) is 5.58 Å². The normalized spacial score (nSPS) is 10.9. The van der Waals surface area contributed by atoms with E-state index in [0.717, 1.165) is 21.0 Å². The van der Waals surface area contributed by atoms with Gasteiger partial charge in [0.2, 0.25) is 5.78 Å². The zero-order chi connectivity index (χ0) is 14.3. The van der Waals surface area contributed by atoms with Crippen LogP contribution in [0, 0.1) is 13.8 Å². The van der Waals surface area contributed by atoms with Crippen molar-refractivity contribution >= 4 is 32.7 Å². The van der Waals surface area contributed by atoms with Crippen molar-refractivity contribution in [3.05, 3.63) is 69.4 Å². The Labute approximate surface area is 125 Å². The first-order valence-corrected chi connectivity index (χ1v) is 7.15. The zero-order valence-electron chi connectivity index (χ0n) is 11.2. The summed E-state index contributed by atoms with van der Waals surface area (Å²) in [7, 11) is 0. The Morgan fingerprint density at radius 2 is 1.80 bits per heavy atom. The van der Waals surface area contributed by atoms with Crippen LogP contribution in [0.4, 0.5) is 0 Å². The summed E-state index contributed by atoms with van der Waals surface area (Å²) in [5.74, 6) is 0.293. The van der Waals surface area contributed by atoms with E-state index in [4.69, 9.17) is 4.42 Å². The minimum absolute atomic E-state index is 0.0829. The number of carbonyl (C=O) groups excluding carboxylic acids is 1. The summed E-state index contributed by atoms with van der Waals surface area (Å²) in [6, 6.07) is 13.2. The standard InChI is InChI=1S/C17H13BrO2/c1-10-3-4-12(7-11(10)2)17(19)16-9-13-8-14(18)5-6-15(13)20-16/h3-9H,1-2H3. The third-order valence-electron chi connectivity index (χ3n) is 3.47. The maximum Gasteiger partial charge on any atom is 0.228 e. The highest BCUT2D eigenvalue weighted by molar-refractivity contribution is 9.10. The summed E-state index contributed by atoms with van der Waals surface area (Å²) in [4.78, 5) is 12.5. The van der Waals surface area contributed by atoms with Gasteiger partial charge in [0.15, 0.2) is 5.76 Å². The molecule has 0 aliphatic rings. The molecular formula is C17H13BrO2. The van der Waals surface area contributed by atoms with Crippen LogP contribution in [-0.4, -0.2) is 5.78 Å². The number of furan rings is 1. The van der Waals surface area contributed by atoms with Crippen LogP contribution in [-0.2, 0) is 0 Å². The molecule has 0 aliphatic heterocycles. The average Bonchev–Trinajstić information content (AvgIpc) is 2.84. The number of hydrogen-bond acceptors (Lipinski definition) is 2.